The average molecular weight is 328 g/mol. The Hall–Kier alpha value is -2.80. The van der Waals surface area contributed by atoms with Gasteiger partial charge in [-0.1, -0.05) is 0 Å². The highest BCUT2D eigenvalue weighted by Crippen LogP contribution is 2.21. The second-order valence-electron chi connectivity index (χ2n) is 5.87. The molecule has 1 amide bonds. The molecule has 1 aromatic carbocycles. The normalized spacial score (nSPS) is 12.5. The van der Waals surface area contributed by atoms with E-state index in [4.69, 9.17) is 5.73 Å². The van der Waals surface area contributed by atoms with E-state index < -0.39 is 12.0 Å². The van der Waals surface area contributed by atoms with E-state index in [1.807, 2.05) is 18.3 Å². The molecule has 0 aliphatic rings. The lowest BCUT2D eigenvalue weighted by molar-refractivity contribution is 0.0995. The van der Waals surface area contributed by atoms with Crippen LogP contribution in [-0.4, -0.2) is 36.3 Å². The lowest BCUT2D eigenvalue weighted by Crippen LogP contribution is -2.16. The van der Waals surface area contributed by atoms with E-state index in [-0.39, 0.29) is 11.4 Å². The van der Waals surface area contributed by atoms with Crippen LogP contribution >= 0.6 is 0 Å². The number of nitrogens with two attached hydrogens (primary N) is 1. The molecule has 0 radical (unpaired) electrons. The minimum absolute atomic E-state index is 0.195. The van der Waals surface area contributed by atoms with Crippen molar-refractivity contribution in [2.24, 2.45) is 5.73 Å². The largest absolute Gasteiger partial charge is 0.508 e. The lowest BCUT2D eigenvalue weighted by Gasteiger charge is -2.12. The second-order valence-corrected chi connectivity index (χ2v) is 5.87. The standard InChI is InChI=1S/C17H20N4O3/c18-17(24)15-10-20(11-19-15)9-14(23)2-1-6-21-7-5-12-3-4-13(22)8-16(12)21/h3-5,7-8,10-11,14,22-23H,1-2,6,9H2,(H2,18,24)/t14-/m0/s1. The zero-order chi connectivity index (χ0) is 17.1. The SMILES string of the molecule is NC(=O)c1cn(C[C@@H](O)CCCn2ccc3ccc(O)cc32)cn1. The highest BCUT2D eigenvalue weighted by atomic mass is 16.3. The number of aromatic hydroxyl groups is 1. The minimum Gasteiger partial charge on any atom is -0.508 e. The number of phenols is 1. The van der Waals surface area contributed by atoms with E-state index in [1.165, 1.54) is 12.5 Å². The molecule has 0 aliphatic heterocycles. The number of amides is 1. The fraction of sp³-hybridized carbons (Fsp3) is 0.294. The first-order valence-corrected chi connectivity index (χ1v) is 7.80. The van der Waals surface area contributed by atoms with Gasteiger partial charge in [-0.15, -0.1) is 0 Å². The van der Waals surface area contributed by atoms with Crippen molar-refractivity contribution in [3.8, 4) is 5.75 Å². The maximum atomic E-state index is 11.0. The van der Waals surface area contributed by atoms with Crippen LogP contribution in [0.2, 0.25) is 0 Å². The Morgan fingerprint density at radius 2 is 2.17 bits per heavy atom. The Labute approximate surface area is 139 Å². The van der Waals surface area contributed by atoms with Gasteiger partial charge in [0.25, 0.3) is 5.91 Å². The third kappa shape index (κ3) is 3.57. The number of carbonyl (C=O) groups excluding carboxylic acids is 1. The maximum Gasteiger partial charge on any atom is 0.268 e. The summed E-state index contributed by atoms with van der Waals surface area (Å²) in [5.74, 6) is -0.334. The van der Waals surface area contributed by atoms with Gasteiger partial charge in [0.1, 0.15) is 11.4 Å². The number of aryl methyl sites for hydroxylation is 1. The van der Waals surface area contributed by atoms with Crippen LogP contribution in [0.4, 0.5) is 0 Å². The molecule has 3 rings (SSSR count). The molecule has 3 aromatic rings. The number of benzene rings is 1. The molecule has 7 nitrogen and oxygen atoms in total. The van der Waals surface area contributed by atoms with Crippen LogP contribution in [-0.2, 0) is 13.1 Å². The van der Waals surface area contributed by atoms with Crippen molar-refractivity contribution >= 4 is 16.8 Å². The van der Waals surface area contributed by atoms with Gasteiger partial charge >= 0.3 is 0 Å². The summed E-state index contributed by atoms with van der Waals surface area (Å²) in [4.78, 5) is 14.9. The van der Waals surface area contributed by atoms with E-state index in [0.717, 1.165) is 23.9 Å². The van der Waals surface area contributed by atoms with E-state index in [1.54, 1.807) is 16.7 Å². The fourth-order valence-corrected chi connectivity index (χ4v) is 2.79. The first-order chi connectivity index (χ1) is 11.5. The molecule has 126 valence electrons. The van der Waals surface area contributed by atoms with Gasteiger partial charge in [-0.05, 0) is 36.4 Å². The van der Waals surface area contributed by atoms with E-state index in [0.29, 0.717) is 13.0 Å². The van der Waals surface area contributed by atoms with Crippen molar-refractivity contribution < 1.29 is 15.0 Å². The second kappa shape index (κ2) is 6.76. The molecule has 0 saturated carbocycles. The van der Waals surface area contributed by atoms with Crippen LogP contribution in [0.1, 0.15) is 23.3 Å². The average Bonchev–Trinajstić information content (AvgIpc) is 3.15. The minimum atomic E-state index is -0.578. The van der Waals surface area contributed by atoms with Gasteiger partial charge in [0, 0.05) is 31.5 Å². The number of imidazole rings is 1. The molecule has 0 unspecified atom stereocenters. The number of aromatic nitrogens is 3. The number of primary amides is 1. The molecule has 2 heterocycles. The Balaban J connectivity index is 1.53. The van der Waals surface area contributed by atoms with Crippen LogP contribution in [0.5, 0.6) is 5.75 Å². The summed E-state index contributed by atoms with van der Waals surface area (Å²) in [5.41, 5.74) is 6.32. The smallest absolute Gasteiger partial charge is 0.268 e. The summed E-state index contributed by atoms with van der Waals surface area (Å²) in [6.45, 7) is 1.12. The summed E-state index contributed by atoms with van der Waals surface area (Å²) < 4.78 is 3.72. The molecule has 0 fully saturated rings. The Morgan fingerprint density at radius 3 is 2.92 bits per heavy atom. The summed E-state index contributed by atoms with van der Waals surface area (Å²) in [7, 11) is 0. The lowest BCUT2D eigenvalue weighted by atomic mass is 10.2. The van der Waals surface area contributed by atoms with Gasteiger partial charge in [-0.2, -0.15) is 0 Å². The monoisotopic (exact) mass is 328 g/mol. The van der Waals surface area contributed by atoms with Crippen molar-refractivity contribution in [1.82, 2.24) is 14.1 Å². The third-order valence-electron chi connectivity index (χ3n) is 4.00. The molecule has 0 spiro atoms. The van der Waals surface area contributed by atoms with Crippen molar-refractivity contribution in [2.75, 3.05) is 0 Å². The van der Waals surface area contributed by atoms with Crippen LogP contribution in [0.3, 0.4) is 0 Å². The van der Waals surface area contributed by atoms with Gasteiger partial charge in [-0.25, -0.2) is 4.98 Å². The third-order valence-corrected chi connectivity index (χ3v) is 4.00. The molecule has 0 bridgehead atoms. The topological polar surface area (TPSA) is 106 Å². The summed E-state index contributed by atoms with van der Waals surface area (Å²) >= 11 is 0. The zero-order valence-corrected chi connectivity index (χ0v) is 13.2. The molecule has 0 saturated heterocycles. The molecular formula is C17H20N4O3. The summed E-state index contributed by atoms with van der Waals surface area (Å²) in [6, 6.07) is 7.29. The number of fused-ring (bicyclic) bond motifs is 1. The first-order valence-electron chi connectivity index (χ1n) is 7.80. The molecule has 2 aromatic heterocycles. The highest BCUT2D eigenvalue weighted by molar-refractivity contribution is 5.90. The number of phenolic OH excluding ortho intramolecular Hbond substituents is 1. The summed E-state index contributed by atoms with van der Waals surface area (Å²) in [5, 5.41) is 20.8. The predicted octanol–water partition coefficient (Wildman–Crippen LogP) is 1.48. The number of aliphatic hydroxyl groups is 1. The number of hydrogen-bond acceptors (Lipinski definition) is 4. The van der Waals surface area contributed by atoms with E-state index in [2.05, 4.69) is 9.55 Å². The molecule has 4 N–H and O–H groups in total. The van der Waals surface area contributed by atoms with Crippen molar-refractivity contribution in [3.63, 3.8) is 0 Å². The van der Waals surface area contributed by atoms with Gasteiger partial charge in [0.2, 0.25) is 0 Å². The quantitative estimate of drug-likeness (QED) is 0.611. The van der Waals surface area contributed by atoms with Gasteiger partial charge in [-0.3, -0.25) is 4.79 Å². The van der Waals surface area contributed by atoms with Gasteiger partial charge in [0.15, 0.2) is 0 Å². The van der Waals surface area contributed by atoms with Gasteiger partial charge in [0.05, 0.1) is 17.9 Å². The molecule has 7 heteroatoms. The number of carbonyl (C=O) groups is 1. The van der Waals surface area contributed by atoms with Crippen LogP contribution in [0, 0.1) is 0 Å². The van der Waals surface area contributed by atoms with E-state index in [9.17, 15) is 15.0 Å². The number of aliphatic hydroxyl groups excluding tert-OH is 1. The number of rotatable bonds is 7. The van der Waals surface area contributed by atoms with Crippen LogP contribution in [0.15, 0.2) is 43.0 Å². The highest BCUT2D eigenvalue weighted by Gasteiger charge is 2.09. The molecule has 1 atom stereocenters. The Bertz CT molecular complexity index is 853. The Kier molecular flexibility index (Phi) is 4.52. The predicted molar refractivity (Wildman–Crippen MR) is 89.6 cm³/mol. The molecule has 24 heavy (non-hydrogen) atoms. The zero-order valence-electron chi connectivity index (χ0n) is 13.2. The number of hydrogen-bond donors (Lipinski definition) is 3. The number of nitrogens with zero attached hydrogens (tertiary/aromatic N) is 3. The first kappa shape index (κ1) is 16.1. The fourth-order valence-electron chi connectivity index (χ4n) is 2.79. The van der Waals surface area contributed by atoms with Crippen molar-refractivity contribution in [3.05, 3.63) is 48.7 Å². The van der Waals surface area contributed by atoms with Gasteiger partial charge < -0.3 is 25.1 Å². The van der Waals surface area contributed by atoms with E-state index >= 15 is 0 Å². The molecule has 0 aliphatic carbocycles. The summed E-state index contributed by atoms with van der Waals surface area (Å²) in [6.07, 6.45) is 5.88. The van der Waals surface area contributed by atoms with Crippen molar-refractivity contribution in [1.29, 1.82) is 0 Å². The molecular weight excluding hydrogens is 308 g/mol. The van der Waals surface area contributed by atoms with Crippen LogP contribution < -0.4 is 5.73 Å². The Morgan fingerprint density at radius 1 is 1.33 bits per heavy atom. The van der Waals surface area contributed by atoms with Crippen molar-refractivity contribution in [2.45, 2.75) is 32.0 Å². The maximum absolute atomic E-state index is 11.0. The van der Waals surface area contributed by atoms with Crippen LogP contribution in [0.25, 0.3) is 10.9 Å².